The van der Waals surface area contributed by atoms with E-state index in [9.17, 15) is 14.9 Å². The van der Waals surface area contributed by atoms with Gasteiger partial charge in [0.25, 0.3) is 5.69 Å². The molecule has 2 aromatic heterocycles. The molecule has 142 valence electrons. The van der Waals surface area contributed by atoms with Gasteiger partial charge in [-0.05, 0) is 32.0 Å². The first-order valence-corrected chi connectivity index (χ1v) is 8.62. The maximum atomic E-state index is 12.1. The molecule has 8 nitrogen and oxygen atoms in total. The number of carbonyl (C=O) groups excluding carboxylic acids is 1. The maximum Gasteiger partial charge on any atom is 0.273 e. The zero-order valence-corrected chi connectivity index (χ0v) is 15.5. The van der Waals surface area contributed by atoms with Gasteiger partial charge in [0, 0.05) is 34.8 Å². The summed E-state index contributed by atoms with van der Waals surface area (Å²) in [5, 5.41) is 15.0. The summed E-state index contributed by atoms with van der Waals surface area (Å²) in [5.74, 6) is 0.377. The highest BCUT2D eigenvalue weighted by Gasteiger charge is 2.15. The quantitative estimate of drug-likeness (QED) is 0.405. The zero-order valence-electron chi connectivity index (χ0n) is 15.5. The number of nitro groups is 1. The molecule has 0 unspecified atom stereocenters. The Morgan fingerprint density at radius 1 is 1.25 bits per heavy atom. The molecule has 3 aromatic rings. The van der Waals surface area contributed by atoms with Crippen LogP contribution in [0.15, 0.2) is 59.8 Å². The molecule has 0 saturated heterocycles. The largest absolute Gasteiger partial charge is 0.303 e. The molecule has 0 atom stereocenters. The SMILES string of the molecule is Cc1cc(C=NNC(=O)Cc2ccccc2[N+](=O)[O-])c(C)n1-c1ccccn1. The third-order valence-corrected chi connectivity index (χ3v) is 4.28. The Labute approximate surface area is 161 Å². The molecule has 28 heavy (non-hydrogen) atoms. The number of hydrogen-bond acceptors (Lipinski definition) is 5. The highest BCUT2D eigenvalue weighted by molar-refractivity contribution is 5.85. The number of amides is 1. The Hall–Kier alpha value is -3.81. The van der Waals surface area contributed by atoms with Crippen molar-refractivity contribution in [2.45, 2.75) is 20.3 Å². The first-order valence-electron chi connectivity index (χ1n) is 8.62. The van der Waals surface area contributed by atoms with Crippen LogP contribution < -0.4 is 5.43 Å². The van der Waals surface area contributed by atoms with Gasteiger partial charge in [0.15, 0.2) is 0 Å². The topological polar surface area (TPSA) is 102 Å². The number of aryl methyl sites for hydroxylation is 1. The molecule has 0 radical (unpaired) electrons. The van der Waals surface area contributed by atoms with Gasteiger partial charge in [-0.25, -0.2) is 10.4 Å². The van der Waals surface area contributed by atoms with Crippen LogP contribution in [0, 0.1) is 24.0 Å². The highest BCUT2D eigenvalue weighted by Crippen LogP contribution is 2.19. The molecule has 8 heteroatoms. The predicted molar refractivity (Wildman–Crippen MR) is 106 cm³/mol. The van der Waals surface area contributed by atoms with E-state index in [1.165, 1.54) is 6.07 Å². The monoisotopic (exact) mass is 377 g/mol. The normalized spacial score (nSPS) is 10.9. The Morgan fingerprint density at radius 3 is 2.71 bits per heavy atom. The van der Waals surface area contributed by atoms with Gasteiger partial charge in [-0.1, -0.05) is 24.3 Å². The number of pyridine rings is 1. The van der Waals surface area contributed by atoms with Crippen LogP contribution in [0.25, 0.3) is 5.82 Å². The van der Waals surface area contributed by atoms with E-state index in [-0.39, 0.29) is 12.1 Å². The first kappa shape index (κ1) is 19.0. The van der Waals surface area contributed by atoms with Crippen molar-refractivity contribution < 1.29 is 9.72 Å². The lowest BCUT2D eigenvalue weighted by Gasteiger charge is -2.07. The second-order valence-corrected chi connectivity index (χ2v) is 6.21. The number of benzene rings is 1. The van der Waals surface area contributed by atoms with Gasteiger partial charge in [0.1, 0.15) is 5.82 Å². The number of aromatic nitrogens is 2. The van der Waals surface area contributed by atoms with Gasteiger partial charge in [0.05, 0.1) is 17.6 Å². The van der Waals surface area contributed by atoms with Crippen LogP contribution >= 0.6 is 0 Å². The minimum absolute atomic E-state index is 0.0828. The van der Waals surface area contributed by atoms with Gasteiger partial charge in [-0.3, -0.25) is 14.9 Å². The van der Waals surface area contributed by atoms with Crippen molar-refractivity contribution in [2.75, 3.05) is 0 Å². The van der Waals surface area contributed by atoms with Crippen LogP contribution in [0.5, 0.6) is 0 Å². The molecule has 0 fully saturated rings. The van der Waals surface area contributed by atoms with E-state index in [1.54, 1.807) is 30.6 Å². The molecule has 0 aliphatic carbocycles. The van der Waals surface area contributed by atoms with Crippen LogP contribution in [0.2, 0.25) is 0 Å². The minimum Gasteiger partial charge on any atom is -0.303 e. The number of para-hydroxylation sites is 1. The third kappa shape index (κ3) is 4.12. The minimum atomic E-state index is -0.502. The van der Waals surface area contributed by atoms with E-state index in [1.807, 2.05) is 42.7 Å². The standard InChI is InChI=1S/C20H19N5O3/c1-14-11-17(15(2)24(14)19-9-5-6-10-21-19)13-22-23-20(26)12-16-7-3-4-8-18(16)25(27)28/h3-11,13H,12H2,1-2H3,(H,23,26). The molecule has 1 aromatic carbocycles. The Balaban J connectivity index is 1.70. The van der Waals surface area contributed by atoms with Gasteiger partial charge in [-0.2, -0.15) is 5.10 Å². The van der Waals surface area contributed by atoms with Crippen molar-refractivity contribution in [1.29, 1.82) is 0 Å². The second-order valence-electron chi connectivity index (χ2n) is 6.21. The highest BCUT2D eigenvalue weighted by atomic mass is 16.6. The summed E-state index contributed by atoms with van der Waals surface area (Å²) in [4.78, 5) is 27.0. The average molecular weight is 377 g/mol. The number of nitrogens with zero attached hydrogens (tertiary/aromatic N) is 4. The lowest BCUT2D eigenvalue weighted by molar-refractivity contribution is -0.385. The fraction of sp³-hybridized carbons (Fsp3) is 0.150. The third-order valence-electron chi connectivity index (χ3n) is 4.28. The lowest BCUT2D eigenvalue weighted by atomic mass is 10.1. The summed E-state index contributed by atoms with van der Waals surface area (Å²) in [6, 6.07) is 13.8. The summed E-state index contributed by atoms with van der Waals surface area (Å²) < 4.78 is 2.00. The van der Waals surface area contributed by atoms with E-state index in [4.69, 9.17) is 0 Å². The van der Waals surface area contributed by atoms with E-state index in [0.717, 1.165) is 22.8 Å². The van der Waals surface area contributed by atoms with Crippen molar-refractivity contribution in [2.24, 2.45) is 5.10 Å². The number of nitrogens with one attached hydrogen (secondary N) is 1. The predicted octanol–water partition coefficient (Wildman–Crippen LogP) is 3.09. The molecule has 2 heterocycles. The molecule has 0 aliphatic rings. The van der Waals surface area contributed by atoms with Crippen molar-refractivity contribution in [3.8, 4) is 5.82 Å². The number of rotatable bonds is 6. The van der Waals surface area contributed by atoms with Gasteiger partial charge < -0.3 is 4.57 Å². The summed E-state index contributed by atoms with van der Waals surface area (Å²) in [7, 11) is 0. The Morgan fingerprint density at radius 2 is 2.00 bits per heavy atom. The van der Waals surface area contributed by atoms with Crippen LogP contribution in [-0.4, -0.2) is 26.6 Å². The summed E-state index contributed by atoms with van der Waals surface area (Å²) in [5.41, 5.74) is 5.45. The van der Waals surface area contributed by atoms with E-state index in [0.29, 0.717) is 5.56 Å². The number of carbonyl (C=O) groups is 1. The Kier molecular flexibility index (Phi) is 5.59. The number of nitro benzene ring substituents is 1. The average Bonchev–Trinajstić information content (AvgIpc) is 2.96. The zero-order chi connectivity index (χ0) is 20.1. The van der Waals surface area contributed by atoms with Crippen molar-refractivity contribution >= 4 is 17.8 Å². The molecule has 1 amide bonds. The van der Waals surface area contributed by atoms with Crippen LogP contribution in [0.4, 0.5) is 5.69 Å². The van der Waals surface area contributed by atoms with Crippen molar-refractivity contribution in [1.82, 2.24) is 15.0 Å². The summed E-state index contributed by atoms with van der Waals surface area (Å²) in [6.07, 6.45) is 3.16. The molecular formula is C20H19N5O3. The van der Waals surface area contributed by atoms with Crippen LogP contribution in [0.1, 0.15) is 22.5 Å². The summed E-state index contributed by atoms with van der Waals surface area (Å²) in [6.45, 7) is 3.91. The van der Waals surface area contributed by atoms with E-state index < -0.39 is 10.8 Å². The van der Waals surface area contributed by atoms with Crippen LogP contribution in [-0.2, 0) is 11.2 Å². The number of hydrogen-bond donors (Lipinski definition) is 1. The fourth-order valence-corrected chi connectivity index (χ4v) is 2.98. The molecule has 0 saturated carbocycles. The van der Waals surface area contributed by atoms with Gasteiger partial charge in [-0.15, -0.1) is 0 Å². The number of hydrazone groups is 1. The molecule has 0 aliphatic heterocycles. The molecule has 0 spiro atoms. The van der Waals surface area contributed by atoms with Gasteiger partial charge in [0.2, 0.25) is 5.91 Å². The summed E-state index contributed by atoms with van der Waals surface area (Å²) >= 11 is 0. The fourth-order valence-electron chi connectivity index (χ4n) is 2.98. The first-order chi connectivity index (χ1) is 13.5. The molecular weight excluding hydrogens is 358 g/mol. The van der Waals surface area contributed by atoms with Crippen LogP contribution in [0.3, 0.4) is 0 Å². The Bertz CT molecular complexity index is 1040. The smallest absolute Gasteiger partial charge is 0.273 e. The lowest BCUT2D eigenvalue weighted by Crippen LogP contribution is -2.20. The molecule has 3 rings (SSSR count). The van der Waals surface area contributed by atoms with Gasteiger partial charge >= 0.3 is 0 Å². The second kappa shape index (κ2) is 8.26. The maximum absolute atomic E-state index is 12.1. The molecule has 1 N–H and O–H groups in total. The molecule has 0 bridgehead atoms. The van der Waals surface area contributed by atoms with E-state index in [2.05, 4.69) is 15.5 Å². The van der Waals surface area contributed by atoms with Crippen molar-refractivity contribution in [3.63, 3.8) is 0 Å². The van der Waals surface area contributed by atoms with Crippen molar-refractivity contribution in [3.05, 3.63) is 87.4 Å². The van der Waals surface area contributed by atoms with E-state index >= 15 is 0 Å².